The van der Waals surface area contributed by atoms with Gasteiger partial charge in [-0.25, -0.2) is 8.42 Å². The molecule has 1 aromatic rings. The van der Waals surface area contributed by atoms with E-state index in [-0.39, 0.29) is 21.2 Å². The van der Waals surface area contributed by atoms with Gasteiger partial charge in [0.15, 0.2) is 0 Å². The lowest BCUT2D eigenvalue weighted by atomic mass is 10.2. The van der Waals surface area contributed by atoms with E-state index in [2.05, 4.69) is 0 Å². The van der Waals surface area contributed by atoms with Gasteiger partial charge in [0.2, 0.25) is 10.0 Å². The lowest BCUT2D eigenvalue weighted by Gasteiger charge is -2.19. The summed E-state index contributed by atoms with van der Waals surface area (Å²) in [6, 6.07) is 2.96. The summed E-state index contributed by atoms with van der Waals surface area (Å²) in [5.41, 5.74) is -0.194. The Morgan fingerprint density at radius 2 is 2.05 bits per heavy atom. The first-order valence-electron chi connectivity index (χ1n) is 5.45. The minimum atomic E-state index is -4.02. The predicted molar refractivity (Wildman–Crippen MR) is 72.9 cm³/mol. The summed E-state index contributed by atoms with van der Waals surface area (Å²) in [5, 5.41) is 19.6. The van der Waals surface area contributed by atoms with E-state index in [1.165, 1.54) is 20.9 Å². The van der Waals surface area contributed by atoms with Gasteiger partial charge in [0.05, 0.1) is 20.9 Å². The van der Waals surface area contributed by atoms with Crippen LogP contribution in [0.4, 0.5) is 5.69 Å². The van der Waals surface area contributed by atoms with Crippen LogP contribution >= 0.6 is 11.6 Å². The fourth-order valence-electron chi connectivity index (χ4n) is 1.43. The third-order valence-corrected chi connectivity index (χ3v) is 5.19. The first kappa shape index (κ1) is 16.4. The summed E-state index contributed by atoms with van der Waals surface area (Å²) in [5.74, 6) is 0. The van der Waals surface area contributed by atoms with Crippen LogP contribution in [0.25, 0.3) is 0 Å². The number of nitriles is 1. The predicted octanol–water partition coefficient (Wildman–Crippen LogP) is 2.09. The molecule has 0 saturated carbocycles. The Hall–Kier alpha value is -1.69. The summed E-state index contributed by atoms with van der Waals surface area (Å²) in [6.07, 6.45) is 0. The molecule has 0 bridgehead atoms. The van der Waals surface area contributed by atoms with Crippen LogP contribution in [0, 0.1) is 28.4 Å². The molecule has 0 aliphatic carbocycles. The molecule has 1 aromatic carbocycles. The average Bonchev–Trinajstić information content (AvgIpc) is 2.39. The van der Waals surface area contributed by atoms with Gasteiger partial charge >= 0.3 is 0 Å². The van der Waals surface area contributed by atoms with Gasteiger partial charge in [0.1, 0.15) is 6.04 Å². The highest BCUT2D eigenvalue weighted by atomic mass is 35.5. The fourth-order valence-corrected chi connectivity index (χ4v) is 3.04. The molecule has 0 radical (unpaired) electrons. The second-order valence-electron chi connectivity index (χ2n) is 4.13. The Morgan fingerprint density at radius 1 is 1.50 bits per heavy atom. The Labute approximate surface area is 121 Å². The number of hydrogen-bond acceptors (Lipinski definition) is 5. The maximum Gasteiger partial charge on any atom is 0.275 e. The van der Waals surface area contributed by atoms with E-state index in [0.29, 0.717) is 0 Å². The number of nitro benzene ring substituents is 1. The molecule has 0 aromatic heterocycles. The van der Waals surface area contributed by atoms with Gasteiger partial charge in [-0.1, -0.05) is 11.6 Å². The zero-order chi connectivity index (χ0) is 15.7. The second kappa shape index (κ2) is 5.75. The maximum absolute atomic E-state index is 12.3. The van der Waals surface area contributed by atoms with Crippen LogP contribution in [0.2, 0.25) is 5.02 Å². The molecule has 9 heteroatoms. The smallest absolute Gasteiger partial charge is 0.258 e. The van der Waals surface area contributed by atoms with Crippen LogP contribution in [0.15, 0.2) is 17.0 Å². The Balaban J connectivity index is 3.49. The lowest BCUT2D eigenvalue weighted by molar-refractivity contribution is -0.385. The van der Waals surface area contributed by atoms with Gasteiger partial charge in [-0.2, -0.15) is 9.57 Å². The van der Waals surface area contributed by atoms with Crippen LogP contribution in [0.5, 0.6) is 0 Å². The number of hydrogen-bond donors (Lipinski definition) is 0. The molecule has 20 heavy (non-hydrogen) atoms. The summed E-state index contributed by atoms with van der Waals surface area (Å²) in [4.78, 5) is 9.88. The summed E-state index contributed by atoms with van der Waals surface area (Å²) in [7, 11) is -2.80. The topological polar surface area (TPSA) is 104 Å². The van der Waals surface area contributed by atoms with Crippen LogP contribution in [-0.4, -0.2) is 30.7 Å². The van der Waals surface area contributed by atoms with Crippen molar-refractivity contribution in [1.29, 1.82) is 5.26 Å². The Bertz CT molecular complexity index is 696. The van der Waals surface area contributed by atoms with Crippen molar-refractivity contribution in [2.75, 3.05) is 7.05 Å². The molecule has 0 aliphatic rings. The molecule has 0 spiro atoms. The van der Waals surface area contributed by atoms with Crippen molar-refractivity contribution in [3.05, 3.63) is 32.8 Å². The quantitative estimate of drug-likeness (QED) is 0.624. The number of benzene rings is 1. The molecule has 0 N–H and O–H groups in total. The highest BCUT2D eigenvalue weighted by Gasteiger charge is 2.28. The monoisotopic (exact) mass is 317 g/mol. The molecule has 108 valence electrons. The Morgan fingerprint density at radius 3 is 2.50 bits per heavy atom. The highest BCUT2D eigenvalue weighted by molar-refractivity contribution is 7.89. The van der Waals surface area contributed by atoms with E-state index in [4.69, 9.17) is 16.9 Å². The minimum Gasteiger partial charge on any atom is -0.258 e. The van der Waals surface area contributed by atoms with Crippen LogP contribution in [0.1, 0.15) is 12.5 Å². The van der Waals surface area contributed by atoms with E-state index in [9.17, 15) is 18.5 Å². The second-order valence-corrected chi connectivity index (χ2v) is 6.54. The molecule has 0 saturated heterocycles. The zero-order valence-corrected chi connectivity index (χ0v) is 12.6. The average molecular weight is 318 g/mol. The summed E-state index contributed by atoms with van der Waals surface area (Å²) >= 11 is 5.83. The third-order valence-electron chi connectivity index (χ3n) is 2.90. The number of nitrogens with zero attached hydrogens (tertiary/aromatic N) is 3. The molecule has 1 rings (SSSR count). The molecule has 0 fully saturated rings. The molecular formula is C11H12ClN3O4S. The van der Waals surface area contributed by atoms with Gasteiger partial charge in [-0.05, 0) is 19.9 Å². The van der Waals surface area contributed by atoms with Crippen LogP contribution in [-0.2, 0) is 10.0 Å². The maximum atomic E-state index is 12.3. The molecule has 0 heterocycles. The van der Waals surface area contributed by atoms with Crippen molar-refractivity contribution in [3.8, 4) is 6.07 Å². The van der Waals surface area contributed by atoms with Gasteiger partial charge in [-0.3, -0.25) is 10.1 Å². The lowest BCUT2D eigenvalue weighted by Crippen LogP contribution is -2.34. The molecule has 1 unspecified atom stereocenters. The number of halogens is 1. The third kappa shape index (κ3) is 2.90. The van der Waals surface area contributed by atoms with Crippen molar-refractivity contribution >= 4 is 27.3 Å². The van der Waals surface area contributed by atoms with E-state index in [0.717, 1.165) is 16.4 Å². The molecule has 0 aliphatic heterocycles. The first-order chi connectivity index (χ1) is 9.12. The largest absolute Gasteiger partial charge is 0.275 e. The number of sulfonamides is 1. The normalized spacial score (nSPS) is 13.0. The van der Waals surface area contributed by atoms with Crippen molar-refractivity contribution in [3.63, 3.8) is 0 Å². The van der Waals surface area contributed by atoms with E-state index < -0.39 is 21.0 Å². The van der Waals surface area contributed by atoms with Gasteiger partial charge in [-0.15, -0.1) is 0 Å². The molecule has 7 nitrogen and oxygen atoms in total. The number of rotatable bonds is 4. The Kier molecular flexibility index (Phi) is 4.70. The SMILES string of the molecule is Cc1c(Cl)cc(S(=O)(=O)N(C)C(C)C#N)cc1[N+](=O)[O-]. The number of nitro groups is 1. The molecular weight excluding hydrogens is 306 g/mol. The molecule has 0 amide bonds. The molecule has 1 atom stereocenters. The van der Waals surface area contributed by atoms with E-state index in [1.807, 2.05) is 0 Å². The van der Waals surface area contributed by atoms with E-state index >= 15 is 0 Å². The van der Waals surface area contributed by atoms with Crippen molar-refractivity contribution in [2.45, 2.75) is 24.8 Å². The van der Waals surface area contributed by atoms with Crippen LogP contribution in [0.3, 0.4) is 0 Å². The van der Waals surface area contributed by atoms with Crippen LogP contribution < -0.4 is 0 Å². The summed E-state index contributed by atoms with van der Waals surface area (Å²) in [6.45, 7) is 2.83. The van der Waals surface area contributed by atoms with Gasteiger partial charge in [0, 0.05) is 18.7 Å². The van der Waals surface area contributed by atoms with Crippen molar-refractivity contribution in [1.82, 2.24) is 4.31 Å². The fraction of sp³-hybridized carbons (Fsp3) is 0.364. The zero-order valence-electron chi connectivity index (χ0n) is 11.0. The first-order valence-corrected chi connectivity index (χ1v) is 7.27. The summed E-state index contributed by atoms with van der Waals surface area (Å²) < 4.78 is 25.4. The van der Waals surface area contributed by atoms with Crippen molar-refractivity contribution in [2.24, 2.45) is 0 Å². The van der Waals surface area contributed by atoms with E-state index in [1.54, 1.807) is 6.07 Å². The highest BCUT2D eigenvalue weighted by Crippen LogP contribution is 2.30. The van der Waals surface area contributed by atoms with Crippen molar-refractivity contribution < 1.29 is 13.3 Å². The van der Waals surface area contributed by atoms with Gasteiger partial charge in [0.25, 0.3) is 5.69 Å². The van der Waals surface area contributed by atoms with Gasteiger partial charge < -0.3 is 0 Å². The minimum absolute atomic E-state index is 0.0178. The standard InChI is InChI=1S/C11H12ClN3O4S/c1-7(6-13)14(3)20(18,19)9-4-10(12)8(2)11(5-9)15(16)17/h4-5,7H,1-3H3.